The van der Waals surface area contributed by atoms with Gasteiger partial charge in [0.15, 0.2) is 0 Å². The van der Waals surface area contributed by atoms with Crippen LogP contribution >= 0.6 is 0 Å². The lowest BCUT2D eigenvalue weighted by Crippen LogP contribution is -2.60. The second kappa shape index (κ2) is 33.3. The number of imide groups is 1. The molecule has 2 aromatic rings. The molecule has 5 N–H and O–H groups in total. The van der Waals surface area contributed by atoms with E-state index >= 15 is 0 Å². The Balaban J connectivity index is 1.35. The third kappa shape index (κ3) is 19.6. The van der Waals surface area contributed by atoms with E-state index < -0.39 is 54.2 Å². The maximum absolute atomic E-state index is 14.7. The SMILES string of the molecule is CC[C@H](C)[C@@H]([C@@H](CC(=O)N1CCC[C@H]1[C@H](OC)[C@@H](C)C(=O)N[C@@H](Cc1ccccc1)C(=O)NCc1ccccc1)OC)N(C)C(=O)[C@@H](NC(=O)[C@H](C(C)C)N(C)CCCC(=O)NNC(=O)CCCCCN1C(=O)C=CC1=O)C(C)C. The molecule has 2 heterocycles. The monoisotopic (exact) mass is 1110 g/mol. The van der Waals surface area contributed by atoms with Crippen LogP contribution in [0.25, 0.3) is 0 Å². The van der Waals surface area contributed by atoms with Crippen LogP contribution < -0.4 is 26.8 Å². The van der Waals surface area contributed by atoms with Crippen LogP contribution in [0.15, 0.2) is 72.8 Å². The summed E-state index contributed by atoms with van der Waals surface area (Å²) in [6.07, 6.45) is 5.50. The molecule has 442 valence electrons. The normalized spacial score (nSPS) is 17.4. The van der Waals surface area contributed by atoms with Gasteiger partial charge >= 0.3 is 0 Å². The Morgan fingerprint density at radius 2 is 1.31 bits per heavy atom. The van der Waals surface area contributed by atoms with Gasteiger partial charge in [0.05, 0.1) is 42.7 Å². The number of methoxy groups -OCH3 is 2. The molecule has 0 bridgehead atoms. The topological polar surface area (TPSA) is 245 Å². The number of nitrogens with zero attached hydrogens (tertiary/aromatic N) is 4. The first-order valence-corrected chi connectivity index (χ1v) is 28.5. The molecular weight excluding hydrogens is 1020 g/mol. The largest absolute Gasteiger partial charge is 0.379 e. The highest BCUT2D eigenvalue weighted by atomic mass is 16.5. The van der Waals surface area contributed by atoms with E-state index in [0.29, 0.717) is 64.6 Å². The van der Waals surface area contributed by atoms with Crippen molar-refractivity contribution < 1.29 is 52.6 Å². The first-order valence-electron chi connectivity index (χ1n) is 28.5. The van der Waals surface area contributed by atoms with Gasteiger partial charge in [-0.05, 0) is 74.6 Å². The van der Waals surface area contributed by atoms with Gasteiger partial charge in [-0.15, -0.1) is 0 Å². The van der Waals surface area contributed by atoms with Crippen molar-refractivity contribution in [2.24, 2.45) is 23.7 Å². The lowest BCUT2D eigenvalue weighted by atomic mass is 9.89. The number of hydrogen-bond acceptors (Lipinski definition) is 12. The highest BCUT2D eigenvalue weighted by molar-refractivity contribution is 6.12. The first kappa shape index (κ1) is 66.0. The highest BCUT2D eigenvalue weighted by Gasteiger charge is 2.44. The van der Waals surface area contributed by atoms with Crippen LogP contribution in [0.1, 0.15) is 124 Å². The fourth-order valence-electron chi connectivity index (χ4n) is 10.8. The summed E-state index contributed by atoms with van der Waals surface area (Å²) in [4.78, 5) is 126. The van der Waals surface area contributed by atoms with Crippen molar-refractivity contribution in [2.75, 3.05) is 47.9 Å². The number of ether oxygens (including phenoxy) is 2. The van der Waals surface area contributed by atoms with E-state index in [-0.39, 0.29) is 97.2 Å². The molecule has 80 heavy (non-hydrogen) atoms. The number of carbonyl (C=O) groups is 9. The summed E-state index contributed by atoms with van der Waals surface area (Å²) in [6, 6.07) is 15.5. The molecule has 0 aliphatic carbocycles. The van der Waals surface area contributed by atoms with Gasteiger partial charge < -0.3 is 35.2 Å². The molecule has 2 aliphatic rings. The lowest BCUT2D eigenvalue weighted by Gasteiger charge is -2.41. The fourth-order valence-corrected chi connectivity index (χ4v) is 10.8. The molecule has 20 nitrogen and oxygen atoms in total. The molecule has 20 heteroatoms. The molecule has 9 amide bonds. The van der Waals surface area contributed by atoms with Gasteiger partial charge in [-0.3, -0.25) is 63.8 Å². The second-order valence-corrected chi connectivity index (χ2v) is 22.1. The summed E-state index contributed by atoms with van der Waals surface area (Å²) >= 11 is 0. The molecular formula is C60H91N9O11. The number of hydrogen-bond donors (Lipinski definition) is 5. The van der Waals surface area contributed by atoms with Crippen LogP contribution in [-0.2, 0) is 65.6 Å². The standard InChI is InChI=1S/C60H91N9O11/c1-12-41(6)55(67(9)60(78)53(39(2)3)63-59(77)54(40(4)5)66(8)33-23-30-49(71)65-64-48(70)29-20-15-21-34-69-50(72)31-32-51(69)73)47(79-10)37-52(74)68-35-22-28-46(68)56(80-11)42(7)57(75)62-45(36-43-24-16-13-17-25-43)58(76)61-38-44-26-18-14-19-27-44/h13-14,16-19,24-27,31-32,39-42,45-47,53-56H,12,15,20-23,28-30,33-38H2,1-11H3,(H,61,76)(H,62,75)(H,63,77)(H,64,70)(H,65,71)/t41-,42+,45-,46-,47+,53-,54-,55-,56+/m0/s1. The van der Waals surface area contributed by atoms with E-state index in [1.807, 2.05) is 107 Å². The number of hydrazine groups is 1. The van der Waals surface area contributed by atoms with Crippen LogP contribution in [0.3, 0.4) is 0 Å². The maximum atomic E-state index is 14.7. The molecule has 2 aromatic carbocycles. The number of rotatable bonds is 33. The van der Waals surface area contributed by atoms with Crippen molar-refractivity contribution in [3.8, 4) is 0 Å². The van der Waals surface area contributed by atoms with Crippen molar-refractivity contribution in [3.05, 3.63) is 83.9 Å². The van der Waals surface area contributed by atoms with Crippen molar-refractivity contribution >= 4 is 53.2 Å². The van der Waals surface area contributed by atoms with Gasteiger partial charge in [-0.25, -0.2) is 0 Å². The average Bonchev–Trinajstić information content (AvgIpc) is 4.06. The van der Waals surface area contributed by atoms with Crippen LogP contribution in [0.2, 0.25) is 0 Å². The summed E-state index contributed by atoms with van der Waals surface area (Å²) in [5, 5.41) is 9.04. The van der Waals surface area contributed by atoms with Crippen molar-refractivity contribution in [2.45, 2.75) is 168 Å². The molecule has 1 saturated heterocycles. The van der Waals surface area contributed by atoms with E-state index in [1.54, 1.807) is 30.8 Å². The van der Waals surface area contributed by atoms with Crippen LogP contribution in [0, 0.1) is 23.7 Å². The maximum Gasteiger partial charge on any atom is 0.253 e. The summed E-state index contributed by atoms with van der Waals surface area (Å²) in [6.45, 7) is 14.7. The molecule has 0 unspecified atom stereocenters. The predicted octanol–water partition coefficient (Wildman–Crippen LogP) is 4.46. The predicted molar refractivity (Wildman–Crippen MR) is 304 cm³/mol. The smallest absolute Gasteiger partial charge is 0.253 e. The number of unbranched alkanes of at least 4 members (excludes halogenated alkanes) is 2. The minimum Gasteiger partial charge on any atom is -0.379 e. The Bertz CT molecular complexity index is 2370. The molecule has 2 aliphatic heterocycles. The van der Waals surface area contributed by atoms with Crippen molar-refractivity contribution in [3.63, 3.8) is 0 Å². The minimum absolute atomic E-state index is 0.0617. The number of likely N-dealkylation sites (N-methyl/N-ethyl adjacent to an activating group) is 2. The van der Waals surface area contributed by atoms with E-state index in [9.17, 15) is 43.2 Å². The molecule has 0 aromatic heterocycles. The Labute approximate surface area is 474 Å². The van der Waals surface area contributed by atoms with Gasteiger partial charge in [0.25, 0.3) is 11.8 Å². The van der Waals surface area contributed by atoms with Crippen LogP contribution in [0.5, 0.6) is 0 Å². The third-order valence-electron chi connectivity index (χ3n) is 15.5. The van der Waals surface area contributed by atoms with Gasteiger partial charge in [-0.2, -0.15) is 0 Å². The Morgan fingerprint density at radius 3 is 1.88 bits per heavy atom. The molecule has 4 rings (SSSR count). The molecule has 0 saturated carbocycles. The van der Waals surface area contributed by atoms with E-state index in [4.69, 9.17) is 9.47 Å². The number of nitrogens with one attached hydrogen (secondary N) is 5. The summed E-state index contributed by atoms with van der Waals surface area (Å²) < 4.78 is 12.2. The van der Waals surface area contributed by atoms with Gasteiger partial charge in [-0.1, -0.05) is 122 Å². The average molecular weight is 1110 g/mol. The number of amides is 9. The Kier molecular flexibility index (Phi) is 27.5. The van der Waals surface area contributed by atoms with Crippen LogP contribution in [-0.4, -0.2) is 163 Å². The van der Waals surface area contributed by atoms with Crippen LogP contribution in [0.4, 0.5) is 0 Å². The second-order valence-electron chi connectivity index (χ2n) is 22.1. The summed E-state index contributed by atoms with van der Waals surface area (Å²) in [5.74, 6) is -4.38. The number of likely N-dealkylation sites (tertiary alicyclic amines) is 1. The van der Waals surface area contributed by atoms with E-state index in [1.165, 1.54) is 26.4 Å². The Hall–Kier alpha value is -6.51. The summed E-state index contributed by atoms with van der Waals surface area (Å²) in [5.41, 5.74) is 6.68. The lowest BCUT2D eigenvalue weighted by molar-refractivity contribution is -0.148. The van der Waals surface area contributed by atoms with Crippen molar-refractivity contribution in [1.82, 2.24) is 46.4 Å². The fraction of sp³-hybridized carbons (Fsp3) is 0.617. The third-order valence-corrected chi connectivity index (χ3v) is 15.5. The molecule has 9 atom stereocenters. The minimum atomic E-state index is -0.924. The first-order chi connectivity index (χ1) is 38.1. The summed E-state index contributed by atoms with van der Waals surface area (Å²) in [7, 11) is 6.53. The van der Waals surface area contributed by atoms with Gasteiger partial charge in [0, 0.05) is 72.3 Å². The highest BCUT2D eigenvalue weighted by Crippen LogP contribution is 2.30. The quantitative estimate of drug-likeness (QED) is 0.0378. The molecule has 0 radical (unpaired) electrons. The Morgan fingerprint density at radius 1 is 0.713 bits per heavy atom. The number of carbonyl (C=O) groups excluding carboxylic acids is 9. The zero-order chi connectivity index (χ0) is 59.1. The van der Waals surface area contributed by atoms with Gasteiger partial charge in [0.1, 0.15) is 12.1 Å². The van der Waals surface area contributed by atoms with Crippen molar-refractivity contribution in [1.29, 1.82) is 0 Å². The zero-order valence-corrected chi connectivity index (χ0v) is 49.2. The molecule has 0 spiro atoms. The van der Waals surface area contributed by atoms with E-state index in [0.717, 1.165) is 16.0 Å². The number of benzene rings is 2. The zero-order valence-electron chi connectivity index (χ0n) is 49.2. The van der Waals surface area contributed by atoms with E-state index in [2.05, 4.69) is 26.8 Å². The van der Waals surface area contributed by atoms with Gasteiger partial charge in [0.2, 0.25) is 41.4 Å². The molecule has 1 fully saturated rings.